The minimum atomic E-state index is -0.155. The van der Waals surface area contributed by atoms with Crippen LogP contribution in [-0.4, -0.2) is 17.8 Å². The lowest BCUT2D eigenvalue weighted by Gasteiger charge is -2.51. The van der Waals surface area contributed by atoms with Gasteiger partial charge < -0.3 is 19.6 Å². The molecule has 5 heteroatoms. The van der Waals surface area contributed by atoms with Crippen LogP contribution in [0.2, 0.25) is 0 Å². The van der Waals surface area contributed by atoms with Crippen LogP contribution in [0.5, 0.6) is 0 Å². The minimum absolute atomic E-state index is 0.00668. The molecule has 4 aliphatic heterocycles. The van der Waals surface area contributed by atoms with Crippen LogP contribution in [0.4, 0.5) is 56.9 Å². The predicted octanol–water partition coefficient (Wildman–Crippen LogP) is 19.1. The monoisotopic (exact) mass is 1070 g/mol. The number of hydrogen-bond acceptors (Lipinski definition) is 4. The molecule has 0 spiro atoms. The normalized spacial score (nSPS) is 23.9. The van der Waals surface area contributed by atoms with Crippen molar-refractivity contribution in [2.75, 3.05) is 19.6 Å². The van der Waals surface area contributed by atoms with Gasteiger partial charge in [0, 0.05) is 67.7 Å². The lowest BCUT2D eigenvalue weighted by molar-refractivity contribution is 0.195. The van der Waals surface area contributed by atoms with Crippen LogP contribution in [0.25, 0.3) is 0 Å². The van der Waals surface area contributed by atoms with Gasteiger partial charge in [-0.1, -0.05) is 195 Å². The van der Waals surface area contributed by atoms with E-state index < -0.39 is 0 Å². The number of fused-ring (bicyclic) bond motifs is 10. The van der Waals surface area contributed by atoms with E-state index in [9.17, 15) is 0 Å². The van der Waals surface area contributed by atoms with Crippen molar-refractivity contribution in [3.05, 3.63) is 172 Å². The Morgan fingerprint density at radius 3 is 1.36 bits per heavy atom. The number of aryl methyl sites for hydroxylation is 2. The minimum Gasteiger partial charge on any atom is -0.334 e. The zero-order chi connectivity index (χ0) is 57.5. The molecule has 81 heavy (non-hydrogen) atoms. The molecular formula is C76H91BN4. The van der Waals surface area contributed by atoms with Gasteiger partial charge >= 0.3 is 0 Å². The molecule has 13 rings (SSSR count). The van der Waals surface area contributed by atoms with Crippen LogP contribution in [0.1, 0.15) is 207 Å². The Morgan fingerprint density at radius 1 is 0.370 bits per heavy atom. The van der Waals surface area contributed by atoms with E-state index in [1.807, 2.05) is 0 Å². The summed E-state index contributed by atoms with van der Waals surface area (Å²) >= 11 is 0. The van der Waals surface area contributed by atoms with Crippen LogP contribution in [0.15, 0.2) is 127 Å². The molecular weight excluding hydrogens is 980 g/mol. The summed E-state index contributed by atoms with van der Waals surface area (Å²) in [4.78, 5) is 11.1. The van der Waals surface area contributed by atoms with Gasteiger partial charge in [0.15, 0.2) is 0 Å². The van der Waals surface area contributed by atoms with Gasteiger partial charge in [0.1, 0.15) is 0 Å². The van der Waals surface area contributed by atoms with Crippen LogP contribution in [0.3, 0.4) is 0 Å². The number of anilines is 10. The third-order valence-electron chi connectivity index (χ3n) is 21.9. The zero-order valence-electron chi connectivity index (χ0n) is 52.6. The highest BCUT2D eigenvalue weighted by atomic mass is 15.3. The van der Waals surface area contributed by atoms with Crippen molar-refractivity contribution in [3.63, 3.8) is 0 Å². The Labute approximate surface area is 488 Å². The molecule has 4 heterocycles. The van der Waals surface area contributed by atoms with Crippen molar-refractivity contribution in [1.82, 2.24) is 0 Å². The van der Waals surface area contributed by atoms with Gasteiger partial charge in [0.05, 0.1) is 11.1 Å². The van der Waals surface area contributed by atoms with E-state index in [1.165, 1.54) is 156 Å². The van der Waals surface area contributed by atoms with Gasteiger partial charge in [0.25, 0.3) is 6.71 Å². The first-order valence-corrected chi connectivity index (χ1v) is 31.1. The van der Waals surface area contributed by atoms with E-state index in [-0.39, 0.29) is 50.3 Å². The number of nitrogens with zero attached hydrogens (tertiary/aromatic N) is 4. The first-order chi connectivity index (χ1) is 38.0. The van der Waals surface area contributed by atoms with E-state index in [0.29, 0.717) is 0 Å². The molecule has 7 aromatic rings. The molecule has 4 nitrogen and oxygen atoms in total. The molecule has 0 amide bonds. The molecule has 0 radical (unpaired) electrons. The van der Waals surface area contributed by atoms with Gasteiger partial charge in [-0.2, -0.15) is 0 Å². The Bertz CT molecular complexity index is 3710. The second-order valence-electron chi connectivity index (χ2n) is 31.1. The molecule has 0 bridgehead atoms. The van der Waals surface area contributed by atoms with Crippen molar-refractivity contribution in [1.29, 1.82) is 0 Å². The number of hydrogen-bond donors (Lipinski definition) is 0. The van der Waals surface area contributed by atoms with Crippen LogP contribution >= 0.6 is 0 Å². The van der Waals surface area contributed by atoms with Crippen LogP contribution in [0, 0.1) is 13.8 Å². The van der Waals surface area contributed by atoms with Gasteiger partial charge in [-0.3, -0.25) is 0 Å². The fourth-order valence-electron chi connectivity index (χ4n) is 16.7. The highest BCUT2D eigenvalue weighted by Gasteiger charge is 2.60. The second-order valence-corrected chi connectivity index (χ2v) is 31.1. The quantitative estimate of drug-likeness (QED) is 0.163. The smallest absolute Gasteiger partial charge is 0.252 e. The lowest BCUT2D eigenvalue weighted by atomic mass is 9.33. The van der Waals surface area contributed by atoms with E-state index in [4.69, 9.17) is 0 Å². The van der Waals surface area contributed by atoms with E-state index in [0.717, 1.165) is 12.8 Å². The Morgan fingerprint density at radius 2 is 0.815 bits per heavy atom. The highest BCUT2D eigenvalue weighted by Crippen LogP contribution is 2.64. The summed E-state index contributed by atoms with van der Waals surface area (Å²) in [5.74, 6) is 0. The van der Waals surface area contributed by atoms with Crippen LogP contribution < -0.4 is 36.0 Å². The highest BCUT2D eigenvalue weighted by molar-refractivity contribution is 7.00. The summed E-state index contributed by atoms with van der Waals surface area (Å²) in [6.45, 7) is 43.4. The van der Waals surface area contributed by atoms with Crippen molar-refractivity contribution < 1.29 is 0 Å². The standard InChI is InChI=1S/C76H91BN4/c1-48-41-49(2)68-59(42-48)74(16)38-20-22-40-76(74,18)81(68)56-33-34-60-64(45-56)79(55-31-25-51(26-32-55)70(6,7)8)66-47-57(80-62-35-27-52(71(9,10)11)43-58(62)73(15)37-19-21-39-75(73,80)17)46-65-67(66)77(60)61-44-53(72(12,13)14)28-36-63(61)78(65)54-29-23-50(24-30-54)69(3,4)5/h23-36,41-47H,19-22,37-40H2,1-18H3. The molecule has 6 aliphatic rings. The van der Waals surface area contributed by atoms with Crippen molar-refractivity contribution in [3.8, 4) is 0 Å². The molecule has 418 valence electrons. The molecule has 0 aromatic heterocycles. The van der Waals surface area contributed by atoms with Gasteiger partial charge in [-0.05, 0) is 191 Å². The second kappa shape index (κ2) is 17.7. The van der Waals surface area contributed by atoms with E-state index in [2.05, 4.69) is 272 Å². The van der Waals surface area contributed by atoms with Crippen molar-refractivity contribution >= 4 is 80.0 Å². The average Bonchev–Trinajstić information content (AvgIpc) is 1.96. The lowest BCUT2D eigenvalue weighted by Crippen LogP contribution is -2.62. The average molecular weight is 1070 g/mol. The molecule has 4 unspecified atom stereocenters. The molecule has 4 atom stereocenters. The van der Waals surface area contributed by atoms with Gasteiger partial charge in [0.2, 0.25) is 0 Å². The Kier molecular flexibility index (Phi) is 11.8. The van der Waals surface area contributed by atoms with Crippen molar-refractivity contribution in [2.24, 2.45) is 0 Å². The third-order valence-corrected chi connectivity index (χ3v) is 21.9. The molecule has 2 fully saturated rings. The maximum atomic E-state index is 2.85. The van der Waals surface area contributed by atoms with E-state index >= 15 is 0 Å². The number of benzene rings is 7. The Balaban J connectivity index is 1.15. The summed E-state index contributed by atoms with van der Waals surface area (Å²) in [7, 11) is 0. The molecule has 2 aliphatic carbocycles. The van der Waals surface area contributed by atoms with Crippen LogP contribution in [-0.2, 0) is 32.5 Å². The molecule has 7 aromatic carbocycles. The Hall–Kier alpha value is -6.20. The first-order valence-electron chi connectivity index (χ1n) is 31.1. The summed E-state index contributed by atoms with van der Waals surface area (Å²) in [5, 5.41) is 0. The fourth-order valence-corrected chi connectivity index (χ4v) is 16.7. The summed E-state index contributed by atoms with van der Waals surface area (Å²) in [6.07, 6.45) is 9.64. The van der Waals surface area contributed by atoms with Crippen molar-refractivity contribution in [2.45, 2.75) is 220 Å². The SMILES string of the molecule is Cc1cc(C)c2c(c1)C1(C)CCCCC1(C)N2c1ccc2c(c1)N(c1ccc(C(C)(C)C)cc1)c1cc(N3c4ccc(C(C)(C)C)cc4C4(C)CCCCC34C)cc3c1B2c1cc(C(C)(C)C)ccc1N3c1ccc(C(C)(C)C)cc1. The summed E-state index contributed by atoms with van der Waals surface area (Å²) in [6, 6.07) is 52.3. The third kappa shape index (κ3) is 7.81. The predicted molar refractivity (Wildman–Crippen MR) is 350 cm³/mol. The topological polar surface area (TPSA) is 13.0 Å². The maximum Gasteiger partial charge on any atom is 0.252 e. The fraction of sp³-hybridized carbons (Fsp3) is 0.447. The van der Waals surface area contributed by atoms with Gasteiger partial charge in [-0.25, -0.2) is 0 Å². The van der Waals surface area contributed by atoms with Gasteiger partial charge in [-0.15, -0.1) is 0 Å². The molecule has 0 saturated heterocycles. The maximum absolute atomic E-state index is 2.85. The summed E-state index contributed by atoms with van der Waals surface area (Å²) < 4.78 is 0. The summed E-state index contributed by atoms with van der Waals surface area (Å²) in [5.41, 5.74) is 27.9. The molecule has 2 saturated carbocycles. The first kappa shape index (κ1) is 54.1. The largest absolute Gasteiger partial charge is 0.334 e. The number of rotatable bonds is 4. The molecule has 0 N–H and O–H groups in total. The zero-order valence-corrected chi connectivity index (χ0v) is 52.6. The van der Waals surface area contributed by atoms with E-state index in [1.54, 1.807) is 0 Å².